The van der Waals surface area contributed by atoms with E-state index < -0.39 is 0 Å². The Morgan fingerprint density at radius 3 is 1.76 bits per heavy atom. The van der Waals surface area contributed by atoms with Gasteiger partial charge in [0.25, 0.3) is 0 Å². The second-order valence-corrected chi connectivity index (χ2v) is 8.58. The largest absolute Gasteiger partial charge is 0.422 e. The highest BCUT2D eigenvalue weighted by Crippen LogP contribution is 2.37. The molecule has 0 saturated carbocycles. The standard InChI is InChI=1S/C17H40N2OSi/c1-8-17(11-9-13-18(4)5,12-10-14-19(6)7)15-21-20-16(2)3/h16H,8-15,21H2,1-7H3. The number of hydrogen-bond donors (Lipinski definition) is 0. The molecular weight excluding hydrogens is 276 g/mol. The van der Waals surface area contributed by atoms with E-state index in [2.05, 4.69) is 58.8 Å². The SMILES string of the molecule is CCC(CCCN(C)C)(CCCN(C)C)C[SiH2]OC(C)C. The Morgan fingerprint density at radius 2 is 1.43 bits per heavy atom. The molecule has 0 saturated heterocycles. The summed E-state index contributed by atoms with van der Waals surface area (Å²) in [7, 11) is 8.33. The number of nitrogens with zero attached hydrogens (tertiary/aromatic N) is 2. The van der Waals surface area contributed by atoms with Crippen LogP contribution in [-0.2, 0) is 4.43 Å². The van der Waals surface area contributed by atoms with E-state index in [1.807, 2.05) is 0 Å². The zero-order chi connectivity index (χ0) is 16.3. The first-order valence-corrected chi connectivity index (χ1v) is 10.3. The van der Waals surface area contributed by atoms with Crippen molar-refractivity contribution in [1.29, 1.82) is 0 Å². The van der Waals surface area contributed by atoms with Gasteiger partial charge in [0, 0.05) is 6.10 Å². The monoisotopic (exact) mass is 316 g/mol. The van der Waals surface area contributed by atoms with E-state index >= 15 is 0 Å². The molecule has 0 fully saturated rings. The van der Waals surface area contributed by atoms with Crippen LogP contribution in [0.5, 0.6) is 0 Å². The van der Waals surface area contributed by atoms with Crippen molar-refractivity contribution in [3.8, 4) is 0 Å². The summed E-state index contributed by atoms with van der Waals surface area (Å²) in [5.74, 6) is 0. The lowest BCUT2D eigenvalue weighted by atomic mass is 9.78. The number of rotatable bonds is 13. The fraction of sp³-hybridized carbons (Fsp3) is 1.00. The fourth-order valence-electron chi connectivity index (χ4n) is 2.96. The summed E-state index contributed by atoms with van der Waals surface area (Å²) in [5, 5.41) is 0. The maximum atomic E-state index is 5.97. The summed E-state index contributed by atoms with van der Waals surface area (Å²) in [6.07, 6.45) is 7.09. The molecule has 0 spiro atoms. The Bertz CT molecular complexity index is 209. The molecule has 0 radical (unpaired) electrons. The lowest BCUT2D eigenvalue weighted by Gasteiger charge is -2.34. The van der Waals surface area contributed by atoms with E-state index in [-0.39, 0.29) is 9.76 Å². The van der Waals surface area contributed by atoms with Crippen LogP contribution in [-0.4, -0.2) is 66.9 Å². The molecule has 0 aromatic rings. The van der Waals surface area contributed by atoms with Gasteiger partial charge in [-0.05, 0) is 92.3 Å². The molecule has 0 aromatic heterocycles. The second-order valence-electron chi connectivity index (χ2n) is 7.34. The van der Waals surface area contributed by atoms with Gasteiger partial charge in [-0.15, -0.1) is 0 Å². The van der Waals surface area contributed by atoms with Crippen molar-refractivity contribution >= 4 is 9.76 Å². The first kappa shape index (κ1) is 21.1. The highest BCUT2D eigenvalue weighted by molar-refractivity contribution is 6.27. The topological polar surface area (TPSA) is 15.7 Å². The van der Waals surface area contributed by atoms with E-state index in [0.29, 0.717) is 11.5 Å². The smallest absolute Gasteiger partial charge is 0.162 e. The zero-order valence-corrected chi connectivity index (χ0v) is 17.2. The third kappa shape index (κ3) is 11.3. The molecule has 0 bridgehead atoms. The van der Waals surface area contributed by atoms with Crippen LogP contribution in [0.4, 0.5) is 0 Å². The Balaban J connectivity index is 4.43. The van der Waals surface area contributed by atoms with Gasteiger partial charge in [-0.25, -0.2) is 0 Å². The highest BCUT2D eigenvalue weighted by atomic mass is 28.2. The lowest BCUT2D eigenvalue weighted by molar-refractivity contribution is 0.202. The van der Waals surface area contributed by atoms with Crippen molar-refractivity contribution in [1.82, 2.24) is 9.80 Å². The Labute approximate surface area is 136 Å². The predicted octanol–water partition coefficient (Wildman–Crippen LogP) is 2.99. The van der Waals surface area contributed by atoms with Crippen LogP contribution in [0.25, 0.3) is 0 Å². The third-order valence-electron chi connectivity index (χ3n) is 4.46. The van der Waals surface area contributed by atoms with Crippen LogP contribution >= 0.6 is 0 Å². The van der Waals surface area contributed by atoms with Gasteiger partial charge in [-0.3, -0.25) is 0 Å². The van der Waals surface area contributed by atoms with Crippen molar-refractivity contribution in [2.45, 2.75) is 65.0 Å². The minimum atomic E-state index is -0.373. The van der Waals surface area contributed by atoms with E-state index in [4.69, 9.17) is 4.43 Å². The number of hydrogen-bond acceptors (Lipinski definition) is 3. The summed E-state index contributed by atoms with van der Waals surface area (Å²) in [4.78, 5) is 4.62. The average Bonchev–Trinajstić information content (AvgIpc) is 2.36. The van der Waals surface area contributed by atoms with Gasteiger partial charge in [0.05, 0.1) is 0 Å². The van der Waals surface area contributed by atoms with Crippen LogP contribution in [0, 0.1) is 5.41 Å². The lowest BCUT2D eigenvalue weighted by Crippen LogP contribution is -2.27. The Morgan fingerprint density at radius 1 is 0.952 bits per heavy atom. The predicted molar refractivity (Wildman–Crippen MR) is 97.9 cm³/mol. The molecule has 0 N–H and O–H groups in total. The van der Waals surface area contributed by atoms with Crippen molar-refractivity contribution in [2.75, 3.05) is 41.3 Å². The zero-order valence-electron chi connectivity index (χ0n) is 15.7. The molecule has 0 aliphatic heterocycles. The first-order valence-electron chi connectivity index (χ1n) is 8.72. The average molecular weight is 317 g/mol. The molecule has 0 aliphatic rings. The van der Waals surface area contributed by atoms with Crippen LogP contribution in [0.1, 0.15) is 52.9 Å². The van der Waals surface area contributed by atoms with Gasteiger partial charge in [0.15, 0.2) is 9.76 Å². The normalized spacial score (nSPS) is 13.4. The van der Waals surface area contributed by atoms with Crippen molar-refractivity contribution < 1.29 is 4.43 Å². The van der Waals surface area contributed by atoms with Crippen LogP contribution < -0.4 is 0 Å². The summed E-state index contributed by atoms with van der Waals surface area (Å²) >= 11 is 0. The summed E-state index contributed by atoms with van der Waals surface area (Å²) in [5.41, 5.74) is 0.535. The molecule has 21 heavy (non-hydrogen) atoms. The molecule has 0 unspecified atom stereocenters. The molecule has 3 nitrogen and oxygen atoms in total. The van der Waals surface area contributed by atoms with Gasteiger partial charge in [-0.2, -0.15) is 0 Å². The Hall–Kier alpha value is 0.0969. The van der Waals surface area contributed by atoms with Crippen LogP contribution in [0.15, 0.2) is 0 Å². The van der Waals surface area contributed by atoms with Crippen molar-refractivity contribution in [3.05, 3.63) is 0 Å². The van der Waals surface area contributed by atoms with E-state index in [1.165, 1.54) is 51.2 Å². The molecule has 4 heteroatoms. The summed E-state index contributed by atoms with van der Waals surface area (Å²) in [6.45, 7) is 9.14. The second kappa shape index (κ2) is 11.6. The fourth-order valence-corrected chi connectivity index (χ4v) is 4.83. The summed E-state index contributed by atoms with van der Waals surface area (Å²) < 4.78 is 5.97. The molecule has 0 aliphatic carbocycles. The van der Waals surface area contributed by atoms with Gasteiger partial charge >= 0.3 is 0 Å². The third-order valence-corrected chi connectivity index (χ3v) is 6.63. The van der Waals surface area contributed by atoms with Gasteiger partial charge < -0.3 is 14.2 Å². The molecule has 0 amide bonds. The summed E-state index contributed by atoms with van der Waals surface area (Å²) in [6, 6.07) is 1.35. The Kier molecular flexibility index (Phi) is 11.7. The van der Waals surface area contributed by atoms with Crippen LogP contribution in [0.3, 0.4) is 0 Å². The minimum absolute atomic E-state index is 0.373. The van der Waals surface area contributed by atoms with Gasteiger partial charge in [0.1, 0.15) is 0 Å². The van der Waals surface area contributed by atoms with E-state index in [0.717, 1.165) is 0 Å². The molecule has 0 atom stereocenters. The quantitative estimate of drug-likeness (QED) is 0.486. The van der Waals surface area contributed by atoms with E-state index in [9.17, 15) is 0 Å². The van der Waals surface area contributed by atoms with Crippen molar-refractivity contribution in [2.24, 2.45) is 5.41 Å². The maximum Gasteiger partial charge on any atom is 0.162 e. The molecule has 0 heterocycles. The molecule has 128 valence electrons. The van der Waals surface area contributed by atoms with Gasteiger partial charge in [0.2, 0.25) is 0 Å². The molecule has 0 rings (SSSR count). The van der Waals surface area contributed by atoms with Crippen molar-refractivity contribution in [3.63, 3.8) is 0 Å². The highest BCUT2D eigenvalue weighted by Gasteiger charge is 2.27. The minimum Gasteiger partial charge on any atom is -0.422 e. The maximum absolute atomic E-state index is 5.97. The van der Waals surface area contributed by atoms with E-state index in [1.54, 1.807) is 0 Å². The first-order chi connectivity index (χ1) is 9.81. The molecular formula is C17H40N2OSi. The van der Waals surface area contributed by atoms with Crippen LogP contribution in [0.2, 0.25) is 6.04 Å². The molecule has 0 aromatic carbocycles. The van der Waals surface area contributed by atoms with Gasteiger partial charge in [-0.1, -0.05) is 13.3 Å².